The van der Waals surface area contributed by atoms with Crippen LogP contribution in [0.15, 0.2) is 4.99 Å². The molecule has 1 saturated heterocycles. The molecule has 1 fully saturated rings. The van der Waals surface area contributed by atoms with Crippen LogP contribution in [0.4, 0.5) is 13.2 Å². The highest BCUT2D eigenvalue weighted by molar-refractivity contribution is 14.0. The summed E-state index contributed by atoms with van der Waals surface area (Å²) in [6.07, 6.45) is -0.525. The van der Waals surface area contributed by atoms with Crippen LogP contribution >= 0.6 is 24.0 Å². The van der Waals surface area contributed by atoms with Gasteiger partial charge in [-0.15, -0.1) is 24.0 Å². The normalized spacial score (nSPS) is 17.2. The molecule has 0 unspecified atom stereocenters. The number of ether oxygens (including phenoxy) is 1. The lowest BCUT2D eigenvalue weighted by atomic mass is 9.93. The molecule has 0 saturated carbocycles. The number of sulfone groups is 1. The molecular formula is C16H32F3IN4O3S. The molecule has 168 valence electrons. The summed E-state index contributed by atoms with van der Waals surface area (Å²) in [4.78, 5) is 5.56. The SMILES string of the molecule is CN=C(NCCOCCS(C)(=O)=O)NCCC1CCN(CC(F)(F)F)CC1.I. The molecule has 2 N–H and O–H groups in total. The van der Waals surface area contributed by atoms with Crippen LogP contribution < -0.4 is 10.6 Å². The second-order valence-electron chi connectivity index (χ2n) is 6.79. The van der Waals surface area contributed by atoms with E-state index in [0.717, 1.165) is 19.3 Å². The number of hydrogen-bond acceptors (Lipinski definition) is 5. The zero-order valence-electron chi connectivity index (χ0n) is 16.4. The van der Waals surface area contributed by atoms with E-state index in [0.29, 0.717) is 44.7 Å². The van der Waals surface area contributed by atoms with Gasteiger partial charge < -0.3 is 15.4 Å². The Hall–Kier alpha value is -0.340. The van der Waals surface area contributed by atoms with Crippen molar-refractivity contribution < 1.29 is 26.3 Å². The number of halogens is 4. The second-order valence-corrected chi connectivity index (χ2v) is 9.05. The monoisotopic (exact) mass is 544 g/mol. The first-order chi connectivity index (χ1) is 12.6. The van der Waals surface area contributed by atoms with Gasteiger partial charge in [0.25, 0.3) is 0 Å². The van der Waals surface area contributed by atoms with E-state index < -0.39 is 22.6 Å². The number of rotatable bonds is 10. The van der Waals surface area contributed by atoms with E-state index in [1.54, 1.807) is 7.05 Å². The predicted molar refractivity (Wildman–Crippen MR) is 115 cm³/mol. The topological polar surface area (TPSA) is 83.0 Å². The molecule has 0 bridgehead atoms. The molecule has 1 aliphatic heterocycles. The summed E-state index contributed by atoms with van der Waals surface area (Å²) >= 11 is 0. The van der Waals surface area contributed by atoms with Crippen molar-refractivity contribution in [3.05, 3.63) is 0 Å². The van der Waals surface area contributed by atoms with E-state index in [1.807, 2.05) is 0 Å². The summed E-state index contributed by atoms with van der Waals surface area (Å²) in [5.74, 6) is 1.04. The fourth-order valence-electron chi connectivity index (χ4n) is 2.86. The number of likely N-dealkylation sites (tertiary alicyclic amines) is 1. The summed E-state index contributed by atoms with van der Waals surface area (Å²) in [5.41, 5.74) is 0. The van der Waals surface area contributed by atoms with Gasteiger partial charge in [-0.2, -0.15) is 13.2 Å². The maximum absolute atomic E-state index is 12.4. The van der Waals surface area contributed by atoms with Crippen LogP contribution in [0.5, 0.6) is 0 Å². The van der Waals surface area contributed by atoms with E-state index in [1.165, 1.54) is 11.2 Å². The summed E-state index contributed by atoms with van der Waals surface area (Å²) in [7, 11) is -1.36. The van der Waals surface area contributed by atoms with Crippen LogP contribution in [0, 0.1) is 5.92 Å². The first kappa shape index (κ1) is 27.7. The fraction of sp³-hybridized carbons (Fsp3) is 0.938. The molecule has 1 heterocycles. The van der Waals surface area contributed by atoms with Crippen LogP contribution in [-0.4, -0.2) is 90.4 Å². The largest absolute Gasteiger partial charge is 0.401 e. The van der Waals surface area contributed by atoms with Crippen molar-refractivity contribution in [2.75, 3.05) is 65.0 Å². The molecule has 0 spiro atoms. The smallest absolute Gasteiger partial charge is 0.379 e. The molecule has 0 amide bonds. The lowest BCUT2D eigenvalue weighted by Gasteiger charge is -2.32. The van der Waals surface area contributed by atoms with E-state index in [9.17, 15) is 21.6 Å². The number of aliphatic imine (C=N–C) groups is 1. The highest BCUT2D eigenvalue weighted by Crippen LogP contribution is 2.23. The van der Waals surface area contributed by atoms with Crippen molar-refractivity contribution in [1.82, 2.24) is 15.5 Å². The number of alkyl halides is 3. The molecule has 28 heavy (non-hydrogen) atoms. The second kappa shape index (κ2) is 13.8. The van der Waals surface area contributed by atoms with Crippen molar-refractivity contribution in [2.24, 2.45) is 10.9 Å². The quantitative estimate of drug-likeness (QED) is 0.188. The molecule has 0 aromatic rings. The van der Waals surface area contributed by atoms with Crippen LogP contribution in [0.3, 0.4) is 0 Å². The average Bonchev–Trinajstić information content (AvgIpc) is 2.55. The van der Waals surface area contributed by atoms with Gasteiger partial charge in [0.15, 0.2) is 5.96 Å². The molecule has 0 aromatic carbocycles. The molecule has 1 aliphatic rings. The van der Waals surface area contributed by atoms with Gasteiger partial charge in [0, 0.05) is 26.4 Å². The van der Waals surface area contributed by atoms with Crippen molar-refractivity contribution in [3.63, 3.8) is 0 Å². The number of nitrogens with one attached hydrogen (secondary N) is 2. The Kier molecular flexibility index (Phi) is 13.6. The van der Waals surface area contributed by atoms with Gasteiger partial charge in [-0.25, -0.2) is 8.42 Å². The Labute approximate surface area is 182 Å². The number of piperidine rings is 1. The predicted octanol–water partition coefficient (Wildman–Crippen LogP) is 1.49. The third kappa shape index (κ3) is 14.6. The molecule has 0 aliphatic carbocycles. The van der Waals surface area contributed by atoms with Crippen molar-refractivity contribution >= 4 is 39.8 Å². The Morgan fingerprint density at radius 1 is 1.18 bits per heavy atom. The lowest BCUT2D eigenvalue weighted by Crippen LogP contribution is -2.42. The molecule has 0 aromatic heterocycles. The minimum atomic E-state index is -4.12. The van der Waals surface area contributed by atoms with Gasteiger partial charge in [0.2, 0.25) is 0 Å². The summed E-state index contributed by atoms with van der Waals surface area (Å²) < 4.78 is 64.3. The van der Waals surface area contributed by atoms with Gasteiger partial charge in [0.1, 0.15) is 9.84 Å². The van der Waals surface area contributed by atoms with E-state index in [-0.39, 0.29) is 36.3 Å². The molecular weight excluding hydrogens is 512 g/mol. The van der Waals surface area contributed by atoms with Gasteiger partial charge in [-0.05, 0) is 38.3 Å². The molecule has 0 atom stereocenters. The Morgan fingerprint density at radius 2 is 1.79 bits per heavy atom. The average molecular weight is 544 g/mol. The standard InChI is InChI=1S/C16H31F3N4O3S.HI/c1-20-15(22-7-10-26-11-12-27(2,24)25)21-6-3-14-4-8-23(9-5-14)13-16(17,18)19;/h14H,3-13H2,1-2H3,(H2,20,21,22);1H. The maximum Gasteiger partial charge on any atom is 0.401 e. The Morgan fingerprint density at radius 3 is 2.32 bits per heavy atom. The number of nitrogens with zero attached hydrogens (tertiary/aromatic N) is 2. The summed E-state index contributed by atoms with van der Waals surface area (Å²) in [5, 5.41) is 6.24. The van der Waals surface area contributed by atoms with Crippen LogP contribution in [0.25, 0.3) is 0 Å². The van der Waals surface area contributed by atoms with E-state index >= 15 is 0 Å². The molecule has 1 rings (SSSR count). The minimum Gasteiger partial charge on any atom is -0.379 e. The first-order valence-electron chi connectivity index (χ1n) is 9.08. The highest BCUT2D eigenvalue weighted by atomic mass is 127. The first-order valence-corrected chi connectivity index (χ1v) is 11.1. The third-order valence-corrected chi connectivity index (χ3v) is 5.22. The van der Waals surface area contributed by atoms with Gasteiger partial charge in [-0.3, -0.25) is 9.89 Å². The number of guanidine groups is 1. The highest BCUT2D eigenvalue weighted by Gasteiger charge is 2.32. The Balaban J connectivity index is 0.00000729. The van der Waals surface area contributed by atoms with Crippen LogP contribution in [0.1, 0.15) is 19.3 Å². The molecule has 7 nitrogen and oxygen atoms in total. The Bertz CT molecular complexity index is 554. The lowest BCUT2D eigenvalue weighted by molar-refractivity contribution is -0.148. The van der Waals surface area contributed by atoms with Crippen molar-refractivity contribution in [2.45, 2.75) is 25.4 Å². The summed E-state index contributed by atoms with van der Waals surface area (Å²) in [6.45, 7) is 1.88. The fourth-order valence-corrected chi connectivity index (χ4v) is 3.28. The van der Waals surface area contributed by atoms with Crippen LogP contribution in [-0.2, 0) is 14.6 Å². The van der Waals surface area contributed by atoms with Gasteiger partial charge >= 0.3 is 6.18 Å². The van der Waals surface area contributed by atoms with Crippen molar-refractivity contribution in [3.8, 4) is 0 Å². The molecule has 12 heteroatoms. The number of hydrogen-bond donors (Lipinski definition) is 2. The van der Waals surface area contributed by atoms with Gasteiger partial charge in [0.05, 0.1) is 25.5 Å². The van der Waals surface area contributed by atoms with Crippen LogP contribution in [0.2, 0.25) is 0 Å². The molecule has 0 radical (unpaired) electrons. The minimum absolute atomic E-state index is 0. The van der Waals surface area contributed by atoms with E-state index in [4.69, 9.17) is 4.74 Å². The maximum atomic E-state index is 12.4. The third-order valence-electron chi connectivity index (χ3n) is 4.32. The van der Waals surface area contributed by atoms with Gasteiger partial charge in [-0.1, -0.05) is 0 Å². The van der Waals surface area contributed by atoms with E-state index in [2.05, 4.69) is 15.6 Å². The summed E-state index contributed by atoms with van der Waals surface area (Å²) in [6, 6.07) is 0. The van der Waals surface area contributed by atoms with Crippen molar-refractivity contribution in [1.29, 1.82) is 0 Å². The zero-order chi connectivity index (χ0) is 20.3. The zero-order valence-corrected chi connectivity index (χ0v) is 19.6.